The molecular weight excluding hydrogens is 474 g/mol. The number of amides is 2. The first-order valence-electron chi connectivity index (χ1n) is 12.5. The third-order valence-corrected chi connectivity index (χ3v) is 5.81. The minimum Gasteiger partial charge on any atom is -0.396 e. The van der Waals surface area contributed by atoms with Crippen molar-refractivity contribution in [2.75, 3.05) is 25.0 Å². The maximum absolute atomic E-state index is 15.7. The van der Waals surface area contributed by atoms with Gasteiger partial charge in [-0.3, -0.25) is 4.98 Å². The maximum Gasteiger partial charge on any atom is 0.416 e. The number of hydrogen-bond acceptors (Lipinski definition) is 3. The first kappa shape index (κ1) is 31.4. The molecule has 0 unspecified atom stereocenters. The second-order valence-corrected chi connectivity index (χ2v) is 8.25. The van der Waals surface area contributed by atoms with Gasteiger partial charge in [0.05, 0.1) is 11.3 Å². The second kappa shape index (κ2) is 14.2. The van der Waals surface area contributed by atoms with Crippen LogP contribution in [0.15, 0.2) is 30.5 Å². The maximum atomic E-state index is 15.7. The summed E-state index contributed by atoms with van der Waals surface area (Å²) in [4.78, 5) is 18.3. The highest BCUT2D eigenvalue weighted by Crippen LogP contribution is 2.38. The van der Waals surface area contributed by atoms with Crippen molar-refractivity contribution in [3.8, 4) is 0 Å². The third-order valence-electron chi connectivity index (χ3n) is 5.81. The van der Waals surface area contributed by atoms with Gasteiger partial charge in [-0.05, 0) is 61.6 Å². The van der Waals surface area contributed by atoms with Crippen molar-refractivity contribution in [2.45, 2.75) is 79.1 Å². The highest BCUT2D eigenvalue weighted by atomic mass is 19.4. The molecule has 0 saturated carbocycles. The topological polar surface area (TPSA) is 65.5 Å². The van der Waals surface area contributed by atoms with Gasteiger partial charge in [0.1, 0.15) is 0 Å². The van der Waals surface area contributed by atoms with Crippen LogP contribution in [0.25, 0.3) is 0 Å². The van der Waals surface area contributed by atoms with Crippen molar-refractivity contribution in [2.24, 2.45) is 0 Å². The number of aromatic nitrogens is 1. The summed E-state index contributed by atoms with van der Waals surface area (Å²) < 4.78 is 54.4. The zero-order valence-electron chi connectivity index (χ0n) is 22.1. The van der Waals surface area contributed by atoms with Crippen LogP contribution in [0.1, 0.15) is 74.9 Å². The van der Waals surface area contributed by atoms with E-state index in [9.17, 15) is 18.0 Å². The fraction of sp³-hybridized carbons (Fsp3) is 0.556. The molecule has 0 radical (unpaired) electrons. The zero-order valence-corrected chi connectivity index (χ0v) is 22.1. The highest BCUT2D eigenvalue weighted by Gasteiger charge is 2.40. The van der Waals surface area contributed by atoms with Crippen LogP contribution >= 0.6 is 0 Å². The van der Waals surface area contributed by atoms with E-state index in [1.54, 1.807) is 13.1 Å². The Balaban J connectivity index is 0.00000154. The number of piperidine rings is 1. The van der Waals surface area contributed by atoms with Gasteiger partial charge in [-0.2, -0.15) is 13.2 Å². The second-order valence-electron chi connectivity index (χ2n) is 8.25. The molecule has 9 heteroatoms. The number of nitrogens with zero attached hydrogens (tertiary/aromatic N) is 2. The number of likely N-dealkylation sites (tertiary alicyclic amines) is 1. The van der Waals surface area contributed by atoms with E-state index in [-0.39, 0.29) is 43.8 Å². The summed E-state index contributed by atoms with van der Waals surface area (Å²) in [6, 6.07) is 4.83. The van der Waals surface area contributed by atoms with Gasteiger partial charge in [-0.25, -0.2) is 9.18 Å². The molecule has 36 heavy (non-hydrogen) atoms. The number of hydrogen-bond donors (Lipinski definition) is 2. The summed E-state index contributed by atoms with van der Waals surface area (Å²) in [6.45, 7) is 11.5. The monoisotopic (exact) mass is 513 g/mol. The summed E-state index contributed by atoms with van der Waals surface area (Å²) in [6.07, 6.45) is -1.38. The third kappa shape index (κ3) is 8.18. The van der Waals surface area contributed by atoms with Crippen LogP contribution in [0, 0.1) is 13.8 Å². The predicted molar refractivity (Wildman–Crippen MR) is 136 cm³/mol. The largest absolute Gasteiger partial charge is 0.416 e. The molecule has 1 aliphatic rings. The number of halogens is 4. The number of pyridine rings is 1. The molecule has 0 aliphatic carbocycles. The summed E-state index contributed by atoms with van der Waals surface area (Å²) >= 11 is 0. The molecule has 1 fully saturated rings. The molecule has 0 spiro atoms. The van der Waals surface area contributed by atoms with Gasteiger partial charge in [0.2, 0.25) is 0 Å². The van der Waals surface area contributed by atoms with Crippen LogP contribution in [-0.2, 0) is 18.3 Å². The van der Waals surface area contributed by atoms with E-state index >= 15 is 4.39 Å². The Bertz CT molecular complexity index is 972. The van der Waals surface area contributed by atoms with E-state index in [2.05, 4.69) is 10.3 Å². The molecule has 202 valence electrons. The fourth-order valence-corrected chi connectivity index (χ4v) is 4.09. The van der Waals surface area contributed by atoms with Crippen LogP contribution in [0.3, 0.4) is 0 Å². The lowest BCUT2D eigenvalue weighted by Gasteiger charge is -2.36. The molecule has 0 bridgehead atoms. The Morgan fingerprint density at radius 2 is 1.69 bits per heavy atom. The minimum absolute atomic E-state index is 0.0145. The Morgan fingerprint density at radius 1 is 1.08 bits per heavy atom. The molecule has 1 aromatic heterocycles. The molecule has 2 aromatic rings. The smallest absolute Gasteiger partial charge is 0.396 e. The minimum atomic E-state index is -4.45. The van der Waals surface area contributed by atoms with Gasteiger partial charge in [0.15, 0.2) is 5.67 Å². The molecule has 2 heterocycles. The molecule has 1 aliphatic heterocycles. The number of rotatable bonds is 5. The Labute approximate surface area is 211 Å². The number of benzene rings is 1. The number of aryl methyl sites for hydroxylation is 3. The molecule has 0 atom stereocenters. The number of aliphatic hydroxyl groups excluding tert-OH is 1. The number of urea groups is 1. The number of aliphatic hydroxyl groups is 1. The van der Waals surface area contributed by atoms with Crippen molar-refractivity contribution in [1.82, 2.24) is 9.88 Å². The van der Waals surface area contributed by atoms with E-state index in [0.717, 1.165) is 17.2 Å². The van der Waals surface area contributed by atoms with E-state index in [4.69, 9.17) is 5.11 Å². The van der Waals surface area contributed by atoms with E-state index < -0.39 is 23.4 Å². The number of carbonyl (C=O) groups is 1. The summed E-state index contributed by atoms with van der Waals surface area (Å²) in [5, 5.41) is 11.6. The average Bonchev–Trinajstić information content (AvgIpc) is 2.84. The van der Waals surface area contributed by atoms with Crippen LogP contribution in [0.4, 0.5) is 28.0 Å². The van der Waals surface area contributed by atoms with Crippen molar-refractivity contribution < 1.29 is 27.5 Å². The Kier molecular flexibility index (Phi) is 12.3. The van der Waals surface area contributed by atoms with Crippen molar-refractivity contribution in [1.29, 1.82) is 0 Å². The predicted octanol–water partition coefficient (Wildman–Crippen LogP) is 7.19. The van der Waals surface area contributed by atoms with Crippen LogP contribution in [0.2, 0.25) is 0 Å². The van der Waals surface area contributed by atoms with Crippen molar-refractivity contribution in [3.05, 3.63) is 58.4 Å². The van der Waals surface area contributed by atoms with Gasteiger partial charge in [0.25, 0.3) is 0 Å². The number of alkyl halides is 4. The molecule has 2 amide bonds. The van der Waals surface area contributed by atoms with Gasteiger partial charge < -0.3 is 15.3 Å². The van der Waals surface area contributed by atoms with Crippen LogP contribution in [-0.4, -0.2) is 40.7 Å². The van der Waals surface area contributed by atoms with Gasteiger partial charge >= 0.3 is 12.2 Å². The van der Waals surface area contributed by atoms with Crippen LogP contribution < -0.4 is 5.32 Å². The van der Waals surface area contributed by atoms with E-state index in [1.165, 1.54) is 24.0 Å². The lowest BCUT2D eigenvalue weighted by Crippen LogP contribution is -2.45. The first-order chi connectivity index (χ1) is 17.0. The number of nitrogens with one attached hydrogen (secondary N) is 1. The lowest BCUT2D eigenvalue weighted by atomic mass is 9.87. The molecule has 2 N–H and O–H groups in total. The van der Waals surface area contributed by atoms with Crippen molar-refractivity contribution >= 4 is 11.7 Å². The summed E-state index contributed by atoms with van der Waals surface area (Å²) in [7, 11) is 0. The van der Waals surface area contributed by atoms with Crippen molar-refractivity contribution in [3.63, 3.8) is 0 Å². The fourth-order valence-electron chi connectivity index (χ4n) is 4.09. The Morgan fingerprint density at radius 3 is 2.19 bits per heavy atom. The zero-order chi connectivity index (χ0) is 27.5. The number of carbonyl (C=O) groups excluding carboxylic acids is 1. The highest BCUT2D eigenvalue weighted by molar-refractivity contribution is 5.89. The van der Waals surface area contributed by atoms with Gasteiger partial charge in [-0.1, -0.05) is 33.8 Å². The van der Waals surface area contributed by atoms with Crippen LogP contribution in [0.5, 0.6) is 0 Å². The lowest BCUT2D eigenvalue weighted by molar-refractivity contribution is -0.138. The quantitative estimate of drug-likeness (QED) is 0.416. The summed E-state index contributed by atoms with van der Waals surface area (Å²) in [5.74, 6) is 0. The molecule has 3 rings (SSSR count). The molecule has 1 saturated heterocycles. The Hall–Kier alpha value is -2.68. The standard InChI is InChI=1S/C23H27F4N3O2.2C2H6/c1-15-13-18(5-6-19(15)23(25,26)27)29-21(32)30-9-7-22(24,8-10-30)20-16(2)12-17(14-28-20)4-3-11-31;2*1-2/h5-6,12-14,31H,3-4,7-11H2,1-2H3,(H,29,32);2*1-2H3. The first-order valence-corrected chi connectivity index (χ1v) is 12.5. The summed E-state index contributed by atoms with van der Waals surface area (Å²) in [5.41, 5.74) is -0.0890. The van der Waals surface area contributed by atoms with Gasteiger partial charge in [0, 0.05) is 44.4 Å². The normalized spacial score (nSPS) is 14.7. The number of anilines is 1. The molecular formula is C27H39F4N3O2. The molecule has 5 nitrogen and oxygen atoms in total. The van der Waals surface area contributed by atoms with Gasteiger partial charge in [-0.15, -0.1) is 0 Å². The molecule has 1 aromatic carbocycles. The SMILES string of the molecule is CC.CC.Cc1cc(NC(=O)N2CCC(F)(c3ncc(CCCO)cc3C)CC2)ccc1C(F)(F)F. The average molecular weight is 514 g/mol. The van der Waals surface area contributed by atoms with E-state index in [1.807, 2.05) is 33.8 Å². The van der Waals surface area contributed by atoms with E-state index in [0.29, 0.717) is 18.5 Å².